The van der Waals surface area contributed by atoms with E-state index >= 15 is 0 Å². The lowest BCUT2D eigenvalue weighted by Gasteiger charge is -2.17. The number of rotatable bonds is 9. The number of ether oxygens (including phenoxy) is 1. The molecule has 0 aliphatic rings. The fourth-order valence-electron chi connectivity index (χ4n) is 1.76. The van der Waals surface area contributed by atoms with E-state index in [2.05, 4.69) is 5.32 Å². The van der Waals surface area contributed by atoms with Gasteiger partial charge in [-0.3, -0.25) is 10.1 Å². The maximum absolute atomic E-state index is 11.3. The van der Waals surface area contributed by atoms with Crippen LogP contribution < -0.4 is 10.1 Å². The Morgan fingerprint density at radius 1 is 1.35 bits per heavy atom. The van der Waals surface area contributed by atoms with Gasteiger partial charge in [0.05, 0.1) is 6.61 Å². The van der Waals surface area contributed by atoms with Crippen LogP contribution in [0.25, 0.3) is 0 Å². The maximum Gasteiger partial charge on any atom is 0.325 e. The highest BCUT2D eigenvalue weighted by molar-refractivity contribution is 5.75. The largest absolute Gasteiger partial charge is 0.494 e. The van der Waals surface area contributed by atoms with Gasteiger partial charge in [0, 0.05) is 13.1 Å². The summed E-state index contributed by atoms with van der Waals surface area (Å²) in [6, 6.07) is 6.54. The lowest BCUT2D eigenvalue weighted by Crippen LogP contribution is -2.33. The van der Waals surface area contributed by atoms with E-state index in [1.54, 1.807) is 12.1 Å². The minimum atomic E-state index is -0.869. The van der Waals surface area contributed by atoms with Crippen molar-refractivity contribution in [3.63, 3.8) is 0 Å². The van der Waals surface area contributed by atoms with E-state index in [1.165, 1.54) is 0 Å². The molecule has 1 atom stereocenters. The Kier molecular flexibility index (Phi) is 7.04. The van der Waals surface area contributed by atoms with Gasteiger partial charge in [0.25, 0.3) is 0 Å². The first-order valence-electron chi connectivity index (χ1n) is 6.88. The Hall–Kier alpha value is -1.59. The van der Waals surface area contributed by atoms with Crippen molar-refractivity contribution in [1.82, 2.24) is 10.2 Å². The number of hydrogen-bond acceptors (Lipinski definition) is 4. The smallest absolute Gasteiger partial charge is 0.325 e. The molecule has 0 fully saturated rings. The summed E-state index contributed by atoms with van der Waals surface area (Å²) < 4.78 is 5.49. The van der Waals surface area contributed by atoms with Crippen LogP contribution in [0.15, 0.2) is 24.3 Å². The Labute approximate surface area is 120 Å². The molecule has 0 aliphatic carbocycles. The standard InChI is InChI=1S/C15H24N2O3/c1-4-11-20-13-7-5-12(6-8-13)14(15(18)19)16-9-10-17(2)3/h5-8,14,16H,4,9-11H2,1-3H3,(H,18,19). The summed E-state index contributed by atoms with van der Waals surface area (Å²) in [6.45, 7) is 4.13. The van der Waals surface area contributed by atoms with Gasteiger partial charge in [-0.25, -0.2) is 0 Å². The molecule has 0 heterocycles. The summed E-state index contributed by atoms with van der Waals surface area (Å²) in [4.78, 5) is 13.3. The van der Waals surface area contributed by atoms with Gasteiger partial charge < -0.3 is 14.7 Å². The van der Waals surface area contributed by atoms with Gasteiger partial charge in [-0.15, -0.1) is 0 Å². The second kappa shape index (κ2) is 8.55. The van der Waals surface area contributed by atoms with Crippen LogP contribution in [-0.4, -0.2) is 49.8 Å². The number of aliphatic carboxylic acids is 1. The predicted octanol–water partition coefficient (Wildman–Crippen LogP) is 1.75. The Bertz CT molecular complexity index is 404. The summed E-state index contributed by atoms with van der Waals surface area (Å²) in [7, 11) is 3.91. The van der Waals surface area contributed by atoms with Gasteiger partial charge >= 0.3 is 5.97 Å². The zero-order valence-electron chi connectivity index (χ0n) is 12.4. The third-order valence-electron chi connectivity index (χ3n) is 2.84. The first-order chi connectivity index (χ1) is 9.54. The molecule has 0 saturated carbocycles. The Balaban J connectivity index is 2.64. The van der Waals surface area contributed by atoms with Gasteiger partial charge in [-0.05, 0) is 38.2 Å². The van der Waals surface area contributed by atoms with Crippen molar-refractivity contribution in [3.05, 3.63) is 29.8 Å². The molecular formula is C15H24N2O3. The van der Waals surface area contributed by atoms with Crippen LogP contribution in [0.3, 0.4) is 0 Å². The highest BCUT2D eigenvalue weighted by Gasteiger charge is 2.18. The zero-order valence-corrected chi connectivity index (χ0v) is 12.4. The van der Waals surface area contributed by atoms with Crippen molar-refractivity contribution in [1.29, 1.82) is 0 Å². The first kappa shape index (κ1) is 16.5. The third kappa shape index (κ3) is 5.59. The lowest BCUT2D eigenvalue weighted by atomic mass is 10.1. The Morgan fingerprint density at radius 3 is 2.50 bits per heavy atom. The molecule has 5 heteroatoms. The van der Waals surface area contributed by atoms with E-state index in [4.69, 9.17) is 4.74 Å². The highest BCUT2D eigenvalue weighted by Crippen LogP contribution is 2.18. The molecule has 0 bridgehead atoms. The predicted molar refractivity (Wildman–Crippen MR) is 79.2 cm³/mol. The van der Waals surface area contributed by atoms with Crippen LogP contribution in [0.5, 0.6) is 5.75 Å². The van der Waals surface area contributed by atoms with E-state index in [0.29, 0.717) is 13.2 Å². The van der Waals surface area contributed by atoms with Crippen molar-refractivity contribution < 1.29 is 14.6 Å². The second-order valence-electron chi connectivity index (χ2n) is 4.95. The summed E-state index contributed by atoms with van der Waals surface area (Å²) >= 11 is 0. The monoisotopic (exact) mass is 280 g/mol. The first-order valence-corrected chi connectivity index (χ1v) is 6.88. The third-order valence-corrected chi connectivity index (χ3v) is 2.84. The summed E-state index contributed by atoms with van der Waals surface area (Å²) in [5.41, 5.74) is 0.736. The number of carbonyl (C=O) groups is 1. The van der Waals surface area contributed by atoms with E-state index < -0.39 is 12.0 Å². The van der Waals surface area contributed by atoms with E-state index in [0.717, 1.165) is 24.3 Å². The summed E-state index contributed by atoms with van der Waals surface area (Å²) in [5, 5.41) is 12.3. The fourth-order valence-corrected chi connectivity index (χ4v) is 1.76. The van der Waals surface area contributed by atoms with Gasteiger partial charge in [0.2, 0.25) is 0 Å². The molecule has 1 aromatic carbocycles. The number of nitrogens with zero attached hydrogens (tertiary/aromatic N) is 1. The molecule has 1 aromatic rings. The van der Waals surface area contributed by atoms with E-state index in [-0.39, 0.29) is 0 Å². The van der Waals surface area contributed by atoms with Gasteiger partial charge in [0.1, 0.15) is 11.8 Å². The van der Waals surface area contributed by atoms with Crippen LogP contribution in [0.2, 0.25) is 0 Å². The molecule has 0 spiro atoms. The molecule has 20 heavy (non-hydrogen) atoms. The van der Waals surface area contributed by atoms with Crippen molar-refractivity contribution >= 4 is 5.97 Å². The molecule has 112 valence electrons. The zero-order chi connectivity index (χ0) is 15.0. The minimum absolute atomic E-state index is 0.623. The molecule has 0 amide bonds. The average Bonchev–Trinajstić information content (AvgIpc) is 2.41. The topological polar surface area (TPSA) is 61.8 Å². The van der Waals surface area contributed by atoms with Crippen molar-refractivity contribution in [3.8, 4) is 5.75 Å². The van der Waals surface area contributed by atoms with Gasteiger partial charge in [-0.1, -0.05) is 19.1 Å². The molecule has 0 aromatic heterocycles. The van der Waals surface area contributed by atoms with Gasteiger partial charge in [0.15, 0.2) is 0 Å². The van der Waals surface area contributed by atoms with Gasteiger partial charge in [-0.2, -0.15) is 0 Å². The molecule has 5 nitrogen and oxygen atoms in total. The van der Waals surface area contributed by atoms with Crippen molar-refractivity contribution in [2.75, 3.05) is 33.8 Å². The van der Waals surface area contributed by atoms with Crippen molar-refractivity contribution in [2.45, 2.75) is 19.4 Å². The molecule has 0 saturated heterocycles. The summed E-state index contributed by atoms with van der Waals surface area (Å²) in [5.74, 6) is -0.0981. The molecule has 1 rings (SSSR count). The van der Waals surface area contributed by atoms with Crippen LogP contribution in [-0.2, 0) is 4.79 Å². The number of likely N-dealkylation sites (N-methyl/N-ethyl adjacent to an activating group) is 1. The van der Waals surface area contributed by atoms with Crippen LogP contribution in [0, 0.1) is 0 Å². The van der Waals surface area contributed by atoms with Crippen molar-refractivity contribution in [2.24, 2.45) is 0 Å². The Morgan fingerprint density at radius 2 is 2.00 bits per heavy atom. The quantitative estimate of drug-likeness (QED) is 0.721. The van der Waals surface area contributed by atoms with Crippen LogP contribution in [0.1, 0.15) is 24.9 Å². The molecule has 0 aliphatic heterocycles. The number of nitrogens with one attached hydrogen (secondary N) is 1. The highest BCUT2D eigenvalue weighted by atomic mass is 16.5. The number of benzene rings is 1. The summed E-state index contributed by atoms with van der Waals surface area (Å²) in [6.07, 6.45) is 0.950. The average molecular weight is 280 g/mol. The molecule has 2 N–H and O–H groups in total. The SMILES string of the molecule is CCCOc1ccc(C(NCCN(C)C)C(=O)O)cc1. The molecular weight excluding hydrogens is 256 g/mol. The number of hydrogen-bond donors (Lipinski definition) is 2. The number of carboxylic acid groups (broad SMARTS) is 1. The number of carboxylic acids is 1. The maximum atomic E-state index is 11.3. The molecule has 0 radical (unpaired) electrons. The molecule has 1 unspecified atom stereocenters. The fraction of sp³-hybridized carbons (Fsp3) is 0.533. The lowest BCUT2D eigenvalue weighted by molar-refractivity contribution is -0.139. The minimum Gasteiger partial charge on any atom is -0.494 e. The second-order valence-corrected chi connectivity index (χ2v) is 4.95. The van der Waals surface area contributed by atoms with Crippen LogP contribution in [0.4, 0.5) is 0 Å². The van der Waals surface area contributed by atoms with E-state index in [9.17, 15) is 9.90 Å². The van der Waals surface area contributed by atoms with E-state index in [1.807, 2.05) is 38.1 Å². The van der Waals surface area contributed by atoms with Crippen LogP contribution >= 0.6 is 0 Å². The normalized spacial score (nSPS) is 12.4.